The first-order valence-electron chi connectivity index (χ1n) is 1.03. The molecule has 0 aliphatic rings. The zero-order valence-corrected chi connectivity index (χ0v) is 10.2. The van der Waals surface area contributed by atoms with Crippen LogP contribution in [0.3, 0.4) is 0 Å². The van der Waals surface area contributed by atoms with Crippen molar-refractivity contribution in [3.63, 3.8) is 0 Å². The Morgan fingerprint density at radius 2 is 1.43 bits per heavy atom. The first-order chi connectivity index (χ1) is 2.73. The number of carbonyl (C=O) groups is 1. The molecule has 0 aliphatic heterocycles. The zero-order valence-electron chi connectivity index (χ0n) is 3.18. The Morgan fingerprint density at radius 3 is 1.43 bits per heavy atom. The zero-order chi connectivity index (χ0) is 5.58. The van der Waals surface area contributed by atoms with Gasteiger partial charge in [0.1, 0.15) is 0 Å². The van der Waals surface area contributed by atoms with Gasteiger partial charge in [-0.05, 0) is 0 Å². The van der Waals surface area contributed by atoms with Crippen LogP contribution in [-0.2, 0) is 0 Å². The van der Waals surface area contributed by atoms with Gasteiger partial charge < -0.3 is 10.2 Å². The van der Waals surface area contributed by atoms with E-state index in [9.17, 15) is 0 Å². The van der Waals surface area contributed by atoms with E-state index in [1.165, 1.54) is 0 Å². The third-order valence-corrected chi connectivity index (χ3v) is 0. The summed E-state index contributed by atoms with van der Waals surface area (Å²) in [5, 5.41) is 13.9. The normalized spacial score (nSPS) is 4.43. The molecule has 7 heavy (non-hydrogen) atoms. The second-order valence-electron chi connectivity index (χ2n) is 0.283. The fraction of sp³-hybridized carbons (Fsp3) is 0. The van der Waals surface area contributed by atoms with Crippen LogP contribution in [0.2, 0.25) is 0 Å². The van der Waals surface area contributed by atoms with E-state index < -0.39 is 6.16 Å². The third-order valence-electron chi connectivity index (χ3n) is 0. The quantitative estimate of drug-likeness (QED) is 0.630. The van der Waals surface area contributed by atoms with E-state index in [2.05, 4.69) is 0 Å². The molecule has 0 saturated heterocycles. The van der Waals surface area contributed by atoms with Crippen molar-refractivity contribution in [3.05, 3.63) is 0 Å². The van der Waals surface area contributed by atoms with E-state index in [0.29, 0.717) is 63.7 Å². The Kier molecular flexibility index (Phi) is 39.6. The molecule has 0 amide bonds. The summed E-state index contributed by atoms with van der Waals surface area (Å²) in [6.07, 6.45) is -1.83. The summed E-state index contributed by atoms with van der Waals surface area (Å²) >= 11 is 0.361. The van der Waals surface area contributed by atoms with Gasteiger partial charge in [0.2, 0.25) is 0 Å². The summed E-state index contributed by atoms with van der Waals surface area (Å²) < 4.78 is 4.86. The molecule has 0 rings (SSSR count). The molecule has 0 aliphatic carbocycles. The van der Waals surface area contributed by atoms with Crippen molar-refractivity contribution in [1.29, 1.82) is 0 Å². The maximum atomic E-state index is 8.56. The number of halogens is 1. The van der Waals surface area contributed by atoms with Gasteiger partial charge >= 0.3 is 139 Å². The Morgan fingerprint density at radius 1 is 1.43 bits per heavy atom. The minimum atomic E-state index is -1.83. The molecule has 0 fully saturated rings. The predicted octanol–water partition coefficient (Wildman–Crippen LogP) is -0.117. The van der Waals surface area contributed by atoms with Gasteiger partial charge in [-0.2, -0.15) is 0 Å². The average Bonchev–Trinajstić information content (AvgIpc) is 1.41. The molecule has 0 saturated carbocycles. The van der Waals surface area contributed by atoms with Gasteiger partial charge in [0.05, 0.1) is 0 Å². The molecule has 0 aromatic rings. The Hall–Kier alpha value is 3.66. The number of carboxylic acid groups (broad SMARTS) is 2. The molecular weight excluding hydrogens is 361 g/mol. The standard InChI is InChI=1S/CH2O3.ClH.2Cs.H/c2-1(3)4;;;;/h(H2,2,3,4);1H;;;/q;;;+1;/p-1. The maximum absolute atomic E-state index is 8.56. The molecule has 0 atom stereocenters. The average molecular weight is 364 g/mol. The Labute approximate surface area is 148 Å². The van der Waals surface area contributed by atoms with E-state index in [1.54, 1.807) is 0 Å². The summed E-state index contributed by atoms with van der Waals surface area (Å²) in [6.45, 7) is 0. The van der Waals surface area contributed by atoms with Crippen LogP contribution in [0.1, 0.15) is 0 Å². The van der Waals surface area contributed by atoms with Crippen LogP contribution in [0, 0.1) is 0 Å². The molecule has 0 aromatic heterocycles. The third kappa shape index (κ3) is 42.3. The fourth-order valence-corrected chi connectivity index (χ4v) is 0. The van der Waals surface area contributed by atoms with Crippen molar-refractivity contribution in [2.24, 2.45) is 0 Å². The summed E-state index contributed by atoms with van der Waals surface area (Å²) in [4.78, 5) is 8.56. The van der Waals surface area contributed by atoms with Gasteiger partial charge in [-0.3, -0.25) is 0 Å². The number of hydrogen-bond acceptors (Lipinski definition) is 1. The van der Waals surface area contributed by atoms with Crippen LogP contribution in [0.5, 0.6) is 0 Å². The van der Waals surface area contributed by atoms with Crippen LogP contribution in [0.25, 0.3) is 0 Å². The van der Waals surface area contributed by atoms with Crippen LogP contribution >= 0.6 is 0.278 Å². The molecule has 34 valence electrons. The van der Waals surface area contributed by atoms with Gasteiger partial charge in [0.25, 0.3) is 0 Å². The molecule has 0 radical (unpaired) electrons. The van der Waals surface area contributed by atoms with Crippen molar-refractivity contribution in [2.45, 2.75) is 0 Å². The van der Waals surface area contributed by atoms with E-state index in [0.717, 1.165) is 0 Å². The SMILES string of the molecule is O=C(O)O.[Cl][Cs].[CsH]. The van der Waals surface area contributed by atoms with Crippen LogP contribution in [0.15, 0.2) is 0 Å². The fourth-order valence-electron chi connectivity index (χ4n) is 0. The molecule has 3 nitrogen and oxygen atoms in total. The molecule has 6 heteroatoms. The van der Waals surface area contributed by atoms with Gasteiger partial charge in [0.15, 0.2) is 0 Å². The molecule has 0 heterocycles. The molecule has 0 aromatic carbocycles. The molecular formula is CH3ClCs2O3. The first-order valence-corrected chi connectivity index (χ1v) is 8.91. The van der Waals surface area contributed by atoms with Gasteiger partial charge in [-0.25, -0.2) is 4.79 Å². The van der Waals surface area contributed by atoms with Crippen molar-refractivity contribution >= 4 is 139 Å². The summed E-state index contributed by atoms with van der Waals surface area (Å²) in [7, 11) is 0. The van der Waals surface area contributed by atoms with Gasteiger partial charge in [-0.1, -0.05) is 0 Å². The van der Waals surface area contributed by atoms with E-state index in [1.807, 2.05) is 0 Å². The molecule has 0 unspecified atom stereocenters. The van der Waals surface area contributed by atoms with Crippen molar-refractivity contribution < 1.29 is 15.0 Å². The van der Waals surface area contributed by atoms with E-state index >= 15 is 0 Å². The molecule has 2 N–H and O–H groups in total. The van der Waals surface area contributed by atoms with E-state index in [-0.39, 0.29) is 68.9 Å². The van der Waals surface area contributed by atoms with E-state index in [4.69, 9.17) is 15.3 Å². The number of rotatable bonds is 0. The summed E-state index contributed by atoms with van der Waals surface area (Å²) in [5.41, 5.74) is 0. The first kappa shape index (κ1) is 17.0. The monoisotopic (exact) mass is 364 g/mol. The van der Waals surface area contributed by atoms with Gasteiger partial charge in [0, 0.05) is 0 Å². The minimum absolute atomic E-state index is 0. The van der Waals surface area contributed by atoms with Gasteiger partial charge in [-0.15, -0.1) is 0 Å². The second-order valence-corrected chi connectivity index (χ2v) is 0.283. The van der Waals surface area contributed by atoms with Crippen molar-refractivity contribution in [2.75, 3.05) is 0 Å². The summed E-state index contributed by atoms with van der Waals surface area (Å²) in [6, 6.07) is 0. The Balaban J connectivity index is -0.0000000480. The van der Waals surface area contributed by atoms with Crippen molar-refractivity contribution in [3.8, 4) is 0 Å². The second kappa shape index (κ2) is 16.3. The van der Waals surface area contributed by atoms with Crippen molar-refractivity contribution in [1.82, 2.24) is 0 Å². The number of hydrogen-bond donors (Lipinski definition) is 2. The Bertz CT molecular complexity index is 35.9. The van der Waals surface area contributed by atoms with Crippen LogP contribution in [0.4, 0.5) is 4.79 Å². The van der Waals surface area contributed by atoms with Crippen LogP contribution in [-0.4, -0.2) is 149 Å². The summed E-state index contributed by atoms with van der Waals surface area (Å²) in [5.74, 6) is 0. The predicted molar refractivity (Wildman–Crippen MR) is 29.4 cm³/mol. The topological polar surface area (TPSA) is 57.5 Å². The molecule has 0 spiro atoms. The molecule has 0 bridgehead atoms. The van der Waals surface area contributed by atoms with Crippen LogP contribution < -0.4 is 0 Å².